The van der Waals surface area contributed by atoms with E-state index in [1.54, 1.807) is 13.8 Å². The van der Waals surface area contributed by atoms with Crippen molar-refractivity contribution in [3.63, 3.8) is 0 Å². The maximum absolute atomic E-state index is 11.2. The highest BCUT2D eigenvalue weighted by Crippen LogP contribution is 2.46. The van der Waals surface area contributed by atoms with E-state index >= 15 is 0 Å². The Hall–Kier alpha value is 0.190. The van der Waals surface area contributed by atoms with E-state index in [2.05, 4.69) is 0 Å². The summed E-state index contributed by atoms with van der Waals surface area (Å²) in [5.74, 6) is 0. The van der Waals surface area contributed by atoms with E-state index in [1.165, 1.54) is 0 Å². The topological polar surface area (TPSA) is 37.3 Å². The molecule has 0 radical (unpaired) electrons. The Morgan fingerprint density at radius 3 is 2.30 bits per heavy atom. The summed E-state index contributed by atoms with van der Waals surface area (Å²) in [4.78, 5) is 9.28. The number of hydrogen-bond donors (Lipinski definition) is 1. The summed E-state index contributed by atoms with van der Waals surface area (Å²) in [5.41, 5.74) is -0.0703. The summed E-state index contributed by atoms with van der Waals surface area (Å²) < 4.78 is 11.2. The van der Waals surface area contributed by atoms with Crippen molar-refractivity contribution in [2.75, 3.05) is 6.16 Å². The Labute approximate surface area is 63.1 Å². The fourth-order valence-electron chi connectivity index (χ4n) is 0.643. The molecule has 0 rings (SSSR count). The molecule has 10 heavy (non-hydrogen) atoms. The highest BCUT2D eigenvalue weighted by atomic mass is 31.2. The summed E-state index contributed by atoms with van der Waals surface area (Å²) in [5, 5.41) is 0. The summed E-state index contributed by atoms with van der Waals surface area (Å²) in [7, 11) is -2.78. The third kappa shape index (κ3) is 3.38. The lowest BCUT2D eigenvalue weighted by Gasteiger charge is -2.13. The molecule has 0 saturated heterocycles. The molecule has 0 saturated carbocycles. The van der Waals surface area contributed by atoms with Crippen LogP contribution in [-0.2, 0) is 4.57 Å². The fourth-order valence-corrected chi connectivity index (χ4v) is 1.93. The standard InChI is InChI=1S/C7H17O2P/c1-4-5-6-10(8,9)7(2)3/h7H,4-6H2,1-3H3,(H,8,9). The third-order valence-corrected chi connectivity index (χ3v) is 4.21. The van der Waals surface area contributed by atoms with Gasteiger partial charge in [0.15, 0.2) is 0 Å². The molecule has 3 heteroatoms. The molecule has 1 N–H and O–H groups in total. The van der Waals surface area contributed by atoms with E-state index in [0.29, 0.717) is 6.16 Å². The molecule has 1 unspecified atom stereocenters. The molecule has 0 spiro atoms. The molecule has 0 aliphatic rings. The second-order valence-electron chi connectivity index (χ2n) is 2.93. The molecule has 62 valence electrons. The van der Waals surface area contributed by atoms with Gasteiger partial charge in [-0.25, -0.2) is 0 Å². The van der Waals surface area contributed by atoms with E-state index < -0.39 is 7.37 Å². The van der Waals surface area contributed by atoms with Gasteiger partial charge in [0.1, 0.15) is 0 Å². The van der Waals surface area contributed by atoms with Crippen LogP contribution < -0.4 is 0 Å². The van der Waals surface area contributed by atoms with Gasteiger partial charge in [0.05, 0.1) is 0 Å². The first-order chi connectivity index (χ1) is 4.50. The lowest BCUT2D eigenvalue weighted by atomic mass is 10.4. The number of unbranched alkanes of at least 4 members (excludes halogenated alkanes) is 1. The van der Waals surface area contributed by atoms with Gasteiger partial charge in [-0.05, 0) is 6.42 Å². The molecule has 0 aromatic rings. The molecule has 0 bridgehead atoms. The quantitative estimate of drug-likeness (QED) is 0.648. The van der Waals surface area contributed by atoms with Crippen molar-refractivity contribution in [2.24, 2.45) is 0 Å². The van der Waals surface area contributed by atoms with Crippen molar-refractivity contribution in [3.8, 4) is 0 Å². The van der Waals surface area contributed by atoms with E-state index in [4.69, 9.17) is 0 Å². The van der Waals surface area contributed by atoms with Crippen LogP contribution in [0.1, 0.15) is 33.6 Å². The highest BCUT2D eigenvalue weighted by molar-refractivity contribution is 7.58. The summed E-state index contributed by atoms with van der Waals surface area (Å²) in [6.45, 7) is 5.63. The number of hydrogen-bond acceptors (Lipinski definition) is 1. The third-order valence-electron chi connectivity index (χ3n) is 1.64. The predicted molar refractivity (Wildman–Crippen MR) is 44.7 cm³/mol. The lowest BCUT2D eigenvalue weighted by molar-refractivity contribution is 0.466. The summed E-state index contributed by atoms with van der Waals surface area (Å²) >= 11 is 0. The van der Waals surface area contributed by atoms with Gasteiger partial charge in [-0.3, -0.25) is 4.57 Å². The second-order valence-corrected chi connectivity index (χ2v) is 5.92. The highest BCUT2D eigenvalue weighted by Gasteiger charge is 2.21. The van der Waals surface area contributed by atoms with Crippen LogP contribution >= 0.6 is 7.37 Å². The minimum atomic E-state index is -2.78. The minimum Gasteiger partial charge on any atom is -0.344 e. The monoisotopic (exact) mass is 164 g/mol. The normalized spacial score (nSPS) is 17.3. The average molecular weight is 164 g/mol. The van der Waals surface area contributed by atoms with Gasteiger partial charge in [0.2, 0.25) is 7.37 Å². The van der Waals surface area contributed by atoms with Crippen molar-refractivity contribution in [1.82, 2.24) is 0 Å². The van der Waals surface area contributed by atoms with Crippen LogP contribution in [0.15, 0.2) is 0 Å². The first kappa shape index (κ1) is 10.2. The zero-order valence-electron chi connectivity index (χ0n) is 7.00. The first-order valence-corrected chi connectivity index (χ1v) is 5.73. The molecular formula is C7H17O2P. The minimum absolute atomic E-state index is 0.0703. The largest absolute Gasteiger partial charge is 0.344 e. The maximum atomic E-state index is 11.2. The van der Waals surface area contributed by atoms with Crippen molar-refractivity contribution in [1.29, 1.82) is 0 Å². The van der Waals surface area contributed by atoms with Crippen LogP contribution in [-0.4, -0.2) is 16.7 Å². The van der Waals surface area contributed by atoms with Gasteiger partial charge in [-0.1, -0.05) is 27.2 Å². The van der Waals surface area contributed by atoms with Gasteiger partial charge in [-0.15, -0.1) is 0 Å². The molecule has 2 nitrogen and oxygen atoms in total. The van der Waals surface area contributed by atoms with Crippen LogP contribution in [0.5, 0.6) is 0 Å². The van der Waals surface area contributed by atoms with E-state index in [9.17, 15) is 9.46 Å². The second kappa shape index (κ2) is 4.15. The van der Waals surface area contributed by atoms with Crippen LogP contribution in [0.2, 0.25) is 0 Å². The Kier molecular flexibility index (Phi) is 4.23. The Morgan fingerprint density at radius 1 is 1.50 bits per heavy atom. The molecule has 0 aromatic heterocycles. The van der Waals surface area contributed by atoms with Gasteiger partial charge in [0.25, 0.3) is 0 Å². The first-order valence-electron chi connectivity index (χ1n) is 3.82. The average Bonchev–Trinajstić information content (AvgIpc) is 1.84. The van der Waals surface area contributed by atoms with Gasteiger partial charge < -0.3 is 4.89 Å². The van der Waals surface area contributed by atoms with E-state index in [1.807, 2.05) is 6.92 Å². The van der Waals surface area contributed by atoms with Crippen molar-refractivity contribution >= 4 is 7.37 Å². The Balaban J connectivity index is 3.76. The van der Waals surface area contributed by atoms with Crippen LogP contribution in [0, 0.1) is 0 Å². The molecular weight excluding hydrogens is 147 g/mol. The summed E-state index contributed by atoms with van der Waals surface area (Å²) in [6, 6.07) is 0. The predicted octanol–water partition coefficient (Wildman–Crippen LogP) is 2.47. The van der Waals surface area contributed by atoms with Crippen molar-refractivity contribution in [2.45, 2.75) is 39.3 Å². The summed E-state index contributed by atoms with van der Waals surface area (Å²) in [6.07, 6.45) is 2.35. The van der Waals surface area contributed by atoms with Crippen molar-refractivity contribution in [3.05, 3.63) is 0 Å². The Morgan fingerprint density at radius 2 is 2.00 bits per heavy atom. The van der Waals surface area contributed by atoms with Crippen LogP contribution in [0.4, 0.5) is 0 Å². The lowest BCUT2D eigenvalue weighted by Crippen LogP contribution is -2.00. The molecule has 0 aromatic carbocycles. The molecule has 0 aliphatic carbocycles. The molecule has 0 aliphatic heterocycles. The van der Waals surface area contributed by atoms with Gasteiger partial charge in [0, 0.05) is 11.8 Å². The molecule has 0 heterocycles. The maximum Gasteiger partial charge on any atom is 0.203 e. The van der Waals surface area contributed by atoms with Gasteiger partial charge in [-0.2, -0.15) is 0 Å². The van der Waals surface area contributed by atoms with Crippen molar-refractivity contribution < 1.29 is 9.46 Å². The smallest absolute Gasteiger partial charge is 0.203 e. The Bertz CT molecular complexity index is 132. The SMILES string of the molecule is CCCCP(=O)(O)C(C)C. The molecule has 1 atom stereocenters. The van der Waals surface area contributed by atoms with Crippen LogP contribution in [0.25, 0.3) is 0 Å². The van der Waals surface area contributed by atoms with E-state index in [0.717, 1.165) is 12.8 Å². The zero-order chi connectivity index (χ0) is 8.20. The zero-order valence-corrected chi connectivity index (χ0v) is 7.90. The van der Waals surface area contributed by atoms with Crippen LogP contribution in [0.3, 0.4) is 0 Å². The van der Waals surface area contributed by atoms with E-state index in [-0.39, 0.29) is 5.66 Å². The van der Waals surface area contributed by atoms with Gasteiger partial charge >= 0.3 is 0 Å². The fraction of sp³-hybridized carbons (Fsp3) is 1.00. The molecule has 0 amide bonds. The molecule has 0 fully saturated rings. The number of rotatable bonds is 4.